The van der Waals surface area contributed by atoms with E-state index in [-0.39, 0.29) is 5.97 Å². The van der Waals surface area contributed by atoms with Gasteiger partial charge < -0.3 is 4.74 Å². The van der Waals surface area contributed by atoms with Gasteiger partial charge in [-0.25, -0.2) is 4.79 Å². The largest absolute Gasteiger partial charge is 0.457 e. The molecule has 0 unspecified atom stereocenters. The van der Waals surface area contributed by atoms with Gasteiger partial charge in [0, 0.05) is 8.16 Å². The van der Waals surface area contributed by atoms with Crippen LogP contribution in [0.2, 0.25) is 0 Å². The molecular weight excluding hydrogens is 259 g/mol. The zero-order valence-corrected chi connectivity index (χ0v) is 11.3. The maximum atomic E-state index is 11.6. The first kappa shape index (κ1) is 14.9. The third-order valence-electron chi connectivity index (χ3n) is 2.22. The molecule has 0 aliphatic heterocycles. The molecule has 0 radical (unpaired) electrons. The second kappa shape index (κ2) is 8.84. The van der Waals surface area contributed by atoms with E-state index in [4.69, 9.17) is 15.1 Å². The van der Waals surface area contributed by atoms with E-state index in [0.717, 1.165) is 5.56 Å². The van der Waals surface area contributed by atoms with E-state index < -0.39 is 8.16 Å². The van der Waals surface area contributed by atoms with E-state index in [1.807, 2.05) is 48.5 Å². The highest BCUT2D eigenvalue weighted by Crippen LogP contribution is 2.05. The van der Waals surface area contributed by atoms with Crippen LogP contribution in [0.4, 0.5) is 0 Å². The average Bonchev–Trinajstić information content (AvgIpc) is 2.47. The van der Waals surface area contributed by atoms with Crippen molar-refractivity contribution in [1.82, 2.24) is 0 Å². The molecule has 0 fully saturated rings. The number of esters is 1. The number of carbonyl (C=O) groups excluding carboxylic acids is 1. The molecule has 0 aromatic heterocycles. The quantitative estimate of drug-likeness (QED) is 0.649. The lowest BCUT2D eigenvalue weighted by Gasteiger charge is -2.04. The number of nitrogens with one attached hydrogen (secondary N) is 2. The zero-order chi connectivity index (χ0) is 13.9. The highest BCUT2D eigenvalue weighted by Gasteiger charge is 2.05. The Hall–Kier alpha value is -2.19. The molecule has 98 valence electrons. The van der Waals surface area contributed by atoms with Crippen molar-refractivity contribution in [3.8, 4) is 0 Å². The molecule has 0 amide bonds. The Morgan fingerprint density at radius 2 is 1.42 bits per heavy atom. The van der Waals surface area contributed by atoms with Gasteiger partial charge in [0.1, 0.15) is 6.61 Å². The Morgan fingerprint density at radius 1 is 0.947 bits per heavy atom. The van der Waals surface area contributed by atoms with Gasteiger partial charge in [-0.05, 0) is 17.7 Å². The zero-order valence-electron chi connectivity index (χ0n) is 10.3. The third-order valence-corrected chi connectivity index (χ3v) is 2.22. The van der Waals surface area contributed by atoms with Crippen molar-refractivity contribution in [1.29, 1.82) is 10.3 Å². The molecule has 2 aromatic carbocycles. The first-order valence-electron chi connectivity index (χ1n) is 5.62. The van der Waals surface area contributed by atoms with E-state index in [0.29, 0.717) is 12.2 Å². The van der Waals surface area contributed by atoms with Gasteiger partial charge in [-0.1, -0.05) is 48.5 Å². The van der Waals surface area contributed by atoms with Gasteiger partial charge in [-0.15, -0.1) is 0 Å². The lowest BCUT2D eigenvalue weighted by Crippen LogP contribution is -2.04. The van der Waals surface area contributed by atoms with Gasteiger partial charge in [0.2, 0.25) is 0 Å². The summed E-state index contributed by atoms with van der Waals surface area (Å²) in [4.78, 5) is 11.6. The van der Waals surface area contributed by atoms with Gasteiger partial charge >= 0.3 is 5.97 Å². The van der Waals surface area contributed by atoms with Crippen molar-refractivity contribution < 1.29 is 9.53 Å². The smallest absolute Gasteiger partial charge is 0.338 e. The van der Waals surface area contributed by atoms with E-state index in [1.54, 1.807) is 12.1 Å². The Balaban J connectivity index is 0.000000550. The van der Waals surface area contributed by atoms with Crippen LogP contribution in [0, 0.1) is 10.3 Å². The van der Waals surface area contributed by atoms with Crippen LogP contribution in [0.1, 0.15) is 15.9 Å². The van der Waals surface area contributed by atoms with Crippen molar-refractivity contribution in [2.45, 2.75) is 6.61 Å². The predicted octanol–water partition coefficient (Wildman–Crippen LogP) is 4.23. The van der Waals surface area contributed by atoms with Crippen molar-refractivity contribution >= 4 is 14.1 Å². The summed E-state index contributed by atoms with van der Waals surface area (Å²) in [5.41, 5.74) is 1.57. The molecule has 0 heterocycles. The second-order valence-corrected chi connectivity index (χ2v) is 3.80. The van der Waals surface area contributed by atoms with Gasteiger partial charge in [0.15, 0.2) is 0 Å². The van der Waals surface area contributed by atoms with Crippen LogP contribution in [0.5, 0.6) is 0 Å². The molecule has 19 heavy (non-hydrogen) atoms. The van der Waals surface area contributed by atoms with Crippen LogP contribution >= 0.6 is 8.16 Å². The van der Waals surface area contributed by atoms with Crippen LogP contribution < -0.4 is 0 Å². The number of hydrogen-bond donors (Lipinski definition) is 2. The summed E-state index contributed by atoms with van der Waals surface area (Å²) >= 11 is 0. The van der Waals surface area contributed by atoms with Crippen molar-refractivity contribution in [3.05, 3.63) is 71.8 Å². The number of carbonyl (C=O) groups is 1. The summed E-state index contributed by atoms with van der Waals surface area (Å²) in [5.74, 6) is -0.288. The van der Waals surface area contributed by atoms with Crippen LogP contribution in [0.3, 0.4) is 0 Å². The molecule has 0 bridgehead atoms. The molecule has 0 saturated carbocycles. The number of benzene rings is 2. The van der Waals surface area contributed by atoms with Gasteiger partial charge in [-0.2, -0.15) is 0 Å². The van der Waals surface area contributed by atoms with Crippen molar-refractivity contribution in [3.63, 3.8) is 0 Å². The van der Waals surface area contributed by atoms with Crippen molar-refractivity contribution in [2.75, 3.05) is 0 Å². The fourth-order valence-electron chi connectivity index (χ4n) is 1.38. The number of ether oxygens (including phenoxy) is 1. The summed E-state index contributed by atoms with van der Waals surface area (Å²) in [6, 6.07) is 18.6. The van der Waals surface area contributed by atoms with E-state index in [2.05, 4.69) is 0 Å². The molecule has 0 spiro atoms. The predicted molar refractivity (Wildman–Crippen MR) is 75.8 cm³/mol. The van der Waals surface area contributed by atoms with E-state index in [9.17, 15) is 4.79 Å². The van der Waals surface area contributed by atoms with Crippen LogP contribution in [-0.4, -0.2) is 5.97 Å². The SMILES string of the molecule is N=[PH]=N.O=C(OCc1ccccc1)c1ccccc1. The Morgan fingerprint density at radius 3 is 1.95 bits per heavy atom. The Kier molecular flexibility index (Phi) is 6.92. The molecule has 0 aliphatic rings. The van der Waals surface area contributed by atoms with Crippen LogP contribution in [0.15, 0.2) is 60.7 Å². The molecule has 0 saturated heterocycles. The normalized spacial score (nSPS) is 9.26. The fraction of sp³-hybridized carbons (Fsp3) is 0.0714. The Bertz CT molecular complexity index is 538. The monoisotopic (exact) mass is 274 g/mol. The highest BCUT2D eigenvalue weighted by atomic mass is 31.0. The highest BCUT2D eigenvalue weighted by molar-refractivity contribution is 7.11. The maximum Gasteiger partial charge on any atom is 0.338 e. The van der Waals surface area contributed by atoms with Crippen molar-refractivity contribution in [2.24, 2.45) is 0 Å². The Labute approximate surface area is 113 Å². The summed E-state index contributed by atoms with van der Waals surface area (Å²) < 4.78 is 5.18. The maximum absolute atomic E-state index is 11.6. The summed E-state index contributed by atoms with van der Waals surface area (Å²) in [7, 11) is -0.417. The summed E-state index contributed by atoms with van der Waals surface area (Å²) in [6.07, 6.45) is 0. The number of rotatable bonds is 3. The minimum absolute atomic E-state index is 0.288. The fourth-order valence-corrected chi connectivity index (χ4v) is 1.38. The second-order valence-electron chi connectivity index (χ2n) is 3.55. The minimum Gasteiger partial charge on any atom is -0.457 e. The van der Waals surface area contributed by atoms with Crippen LogP contribution in [-0.2, 0) is 11.3 Å². The first-order chi connectivity index (χ1) is 9.27. The average molecular weight is 274 g/mol. The molecule has 2 aromatic rings. The molecule has 5 heteroatoms. The summed E-state index contributed by atoms with van der Waals surface area (Å²) in [6.45, 7) is 0.314. The molecule has 2 rings (SSSR count). The molecule has 4 nitrogen and oxygen atoms in total. The molecular formula is C14H15N2O2P. The lowest BCUT2D eigenvalue weighted by molar-refractivity contribution is 0.0472. The third kappa shape index (κ3) is 5.80. The first-order valence-corrected chi connectivity index (χ1v) is 6.62. The topological polar surface area (TPSA) is 74.0 Å². The lowest BCUT2D eigenvalue weighted by atomic mass is 10.2. The van der Waals surface area contributed by atoms with Gasteiger partial charge in [0.25, 0.3) is 0 Å². The van der Waals surface area contributed by atoms with Crippen LogP contribution in [0.25, 0.3) is 0 Å². The molecule has 0 aliphatic carbocycles. The van der Waals surface area contributed by atoms with Gasteiger partial charge in [-0.3, -0.25) is 10.3 Å². The van der Waals surface area contributed by atoms with E-state index in [1.165, 1.54) is 0 Å². The minimum atomic E-state index is -0.417. The molecule has 0 atom stereocenters. The van der Waals surface area contributed by atoms with E-state index >= 15 is 0 Å². The number of hydrogen-bond acceptors (Lipinski definition) is 4. The molecule has 2 N–H and O–H groups in total. The standard InChI is InChI=1S/C14H12O2.H3N2P/c15-14(13-9-5-2-6-10-13)16-11-12-7-3-1-4-8-12;1-3-2/h1-10H,11H2;1-3H. The summed E-state index contributed by atoms with van der Waals surface area (Å²) in [5, 5.41) is 11.8. The van der Waals surface area contributed by atoms with Gasteiger partial charge in [0.05, 0.1) is 5.56 Å².